The lowest BCUT2D eigenvalue weighted by molar-refractivity contribution is 0.0341. The van der Waals surface area contributed by atoms with E-state index in [4.69, 9.17) is 4.74 Å². The average molecular weight is 391 g/mol. The largest absolute Gasteiger partial charge is 0.379 e. The van der Waals surface area contributed by atoms with E-state index in [9.17, 15) is 4.79 Å². The molecule has 4 rings (SSSR count). The zero-order chi connectivity index (χ0) is 20.2. The highest BCUT2D eigenvalue weighted by molar-refractivity contribution is 6.02. The molecular formula is C22H25N5O2. The van der Waals surface area contributed by atoms with E-state index in [1.807, 2.05) is 48.7 Å². The predicted molar refractivity (Wildman–Crippen MR) is 111 cm³/mol. The molecule has 1 fully saturated rings. The zero-order valence-corrected chi connectivity index (χ0v) is 16.8. The highest BCUT2D eigenvalue weighted by Crippen LogP contribution is 2.17. The molecule has 0 unspecified atom stereocenters. The van der Waals surface area contributed by atoms with Crippen LogP contribution in [0, 0.1) is 13.8 Å². The van der Waals surface area contributed by atoms with E-state index in [1.54, 1.807) is 18.6 Å². The van der Waals surface area contributed by atoms with Gasteiger partial charge in [-0.05, 0) is 49.7 Å². The first-order valence-electron chi connectivity index (χ1n) is 9.77. The molecule has 1 aliphatic heterocycles. The van der Waals surface area contributed by atoms with Crippen molar-refractivity contribution in [1.29, 1.82) is 0 Å². The molecule has 1 saturated heterocycles. The Labute approximate surface area is 170 Å². The average Bonchev–Trinajstić information content (AvgIpc) is 3.08. The molecule has 1 amide bonds. The van der Waals surface area contributed by atoms with Gasteiger partial charge in [0, 0.05) is 42.9 Å². The SMILES string of the molecule is Cc1ncn(-c2ccc(NC(=O)c3ccc(CN4CCOCC4)cn3)cc2)c1C. The Morgan fingerprint density at radius 1 is 1.07 bits per heavy atom. The fraction of sp³-hybridized carbons (Fsp3) is 0.318. The molecule has 0 spiro atoms. The molecule has 0 atom stereocenters. The summed E-state index contributed by atoms with van der Waals surface area (Å²) in [5.41, 5.74) is 5.34. The smallest absolute Gasteiger partial charge is 0.274 e. The number of anilines is 1. The van der Waals surface area contributed by atoms with Crippen molar-refractivity contribution in [2.24, 2.45) is 0 Å². The number of aryl methyl sites for hydroxylation is 1. The lowest BCUT2D eigenvalue weighted by Crippen LogP contribution is -2.35. The fourth-order valence-electron chi connectivity index (χ4n) is 3.33. The summed E-state index contributed by atoms with van der Waals surface area (Å²) in [6.07, 6.45) is 3.58. The van der Waals surface area contributed by atoms with Gasteiger partial charge in [0.1, 0.15) is 5.69 Å². The molecule has 7 heteroatoms. The van der Waals surface area contributed by atoms with Gasteiger partial charge in [0.2, 0.25) is 0 Å². The van der Waals surface area contributed by atoms with E-state index in [2.05, 4.69) is 20.2 Å². The molecule has 150 valence electrons. The van der Waals surface area contributed by atoms with Crippen LogP contribution in [0.4, 0.5) is 5.69 Å². The first-order valence-corrected chi connectivity index (χ1v) is 9.77. The monoisotopic (exact) mass is 391 g/mol. The van der Waals surface area contributed by atoms with E-state index in [0.29, 0.717) is 5.69 Å². The molecule has 0 radical (unpaired) electrons. The Morgan fingerprint density at radius 3 is 2.45 bits per heavy atom. The van der Waals surface area contributed by atoms with E-state index in [-0.39, 0.29) is 5.91 Å². The molecule has 1 aromatic carbocycles. The standard InChI is InChI=1S/C22H25N5O2/c1-16-17(2)27(15-24-16)20-6-4-19(5-7-20)25-22(28)21-8-3-18(13-23-21)14-26-9-11-29-12-10-26/h3-8,13,15H,9-12,14H2,1-2H3,(H,25,28). The minimum atomic E-state index is -0.217. The van der Waals surface area contributed by atoms with Crippen molar-refractivity contribution in [3.63, 3.8) is 0 Å². The van der Waals surface area contributed by atoms with E-state index >= 15 is 0 Å². The Morgan fingerprint density at radius 2 is 1.83 bits per heavy atom. The van der Waals surface area contributed by atoms with Gasteiger partial charge in [0.25, 0.3) is 5.91 Å². The van der Waals surface area contributed by atoms with Crippen molar-refractivity contribution in [2.75, 3.05) is 31.6 Å². The van der Waals surface area contributed by atoms with Gasteiger partial charge < -0.3 is 14.6 Å². The second-order valence-electron chi connectivity index (χ2n) is 7.23. The Balaban J connectivity index is 1.38. The summed E-state index contributed by atoms with van der Waals surface area (Å²) in [4.78, 5) is 23.5. The van der Waals surface area contributed by atoms with E-state index in [1.165, 1.54) is 0 Å². The number of nitrogens with zero attached hydrogens (tertiary/aromatic N) is 4. The number of ether oxygens (including phenoxy) is 1. The van der Waals surface area contributed by atoms with Crippen molar-refractivity contribution in [2.45, 2.75) is 20.4 Å². The Kier molecular flexibility index (Phi) is 5.69. The molecule has 2 aromatic heterocycles. The second-order valence-corrected chi connectivity index (χ2v) is 7.23. The van der Waals surface area contributed by atoms with Crippen LogP contribution in [-0.4, -0.2) is 51.6 Å². The number of carbonyl (C=O) groups is 1. The zero-order valence-electron chi connectivity index (χ0n) is 16.8. The van der Waals surface area contributed by atoms with Crippen molar-refractivity contribution < 1.29 is 9.53 Å². The van der Waals surface area contributed by atoms with Crippen LogP contribution in [0.3, 0.4) is 0 Å². The summed E-state index contributed by atoms with van der Waals surface area (Å²) in [7, 11) is 0. The number of imidazole rings is 1. The maximum atomic E-state index is 12.5. The van der Waals surface area contributed by atoms with Crippen LogP contribution in [0.15, 0.2) is 48.9 Å². The van der Waals surface area contributed by atoms with Gasteiger partial charge in [-0.25, -0.2) is 4.98 Å². The number of carbonyl (C=O) groups excluding carboxylic acids is 1. The second kappa shape index (κ2) is 8.55. The van der Waals surface area contributed by atoms with Crippen LogP contribution in [-0.2, 0) is 11.3 Å². The number of hydrogen-bond acceptors (Lipinski definition) is 5. The predicted octanol–water partition coefficient (Wildman–Crippen LogP) is 2.97. The molecule has 1 N–H and O–H groups in total. The number of benzene rings is 1. The van der Waals surface area contributed by atoms with Crippen LogP contribution in [0.25, 0.3) is 5.69 Å². The third-order valence-electron chi connectivity index (χ3n) is 5.22. The van der Waals surface area contributed by atoms with Gasteiger partial charge in [-0.1, -0.05) is 6.07 Å². The molecule has 1 aliphatic rings. The van der Waals surface area contributed by atoms with Crippen molar-refractivity contribution >= 4 is 11.6 Å². The summed E-state index contributed by atoms with van der Waals surface area (Å²) in [6, 6.07) is 11.4. The van der Waals surface area contributed by atoms with Crippen molar-refractivity contribution in [3.8, 4) is 5.69 Å². The van der Waals surface area contributed by atoms with E-state index < -0.39 is 0 Å². The van der Waals surface area contributed by atoms with Crippen LogP contribution >= 0.6 is 0 Å². The van der Waals surface area contributed by atoms with Crippen LogP contribution in [0.5, 0.6) is 0 Å². The van der Waals surface area contributed by atoms with Gasteiger partial charge in [-0.2, -0.15) is 0 Å². The number of rotatable bonds is 5. The van der Waals surface area contributed by atoms with Gasteiger partial charge in [-0.3, -0.25) is 14.7 Å². The summed E-state index contributed by atoms with van der Waals surface area (Å²) >= 11 is 0. The van der Waals surface area contributed by atoms with Gasteiger partial charge >= 0.3 is 0 Å². The van der Waals surface area contributed by atoms with Crippen molar-refractivity contribution in [3.05, 3.63) is 71.6 Å². The Bertz CT molecular complexity index is 973. The van der Waals surface area contributed by atoms with Gasteiger partial charge in [0.05, 0.1) is 25.2 Å². The molecular weight excluding hydrogens is 366 g/mol. The van der Waals surface area contributed by atoms with Crippen LogP contribution < -0.4 is 5.32 Å². The quantitative estimate of drug-likeness (QED) is 0.724. The highest BCUT2D eigenvalue weighted by Gasteiger charge is 2.12. The number of amides is 1. The number of pyridine rings is 1. The third-order valence-corrected chi connectivity index (χ3v) is 5.22. The summed E-state index contributed by atoms with van der Waals surface area (Å²) < 4.78 is 7.39. The van der Waals surface area contributed by atoms with Gasteiger partial charge in [-0.15, -0.1) is 0 Å². The molecule has 3 aromatic rings. The fourth-order valence-corrected chi connectivity index (χ4v) is 3.33. The molecule has 29 heavy (non-hydrogen) atoms. The summed E-state index contributed by atoms with van der Waals surface area (Å²) in [5.74, 6) is -0.217. The van der Waals surface area contributed by atoms with Crippen LogP contribution in [0.1, 0.15) is 27.4 Å². The van der Waals surface area contributed by atoms with Crippen LogP contribution in [0.2, 0.25) is 0 Å². The topological polar surface area (TPSA) is 72.3 Å². The minimum Gasteiger partial charge on any atom is -0.379 e. The molecule has 0 bridgehead atoms. The first-order chi connectivity index (χ1) is 14.1. The molecule has 0 aliphatic carbocycles. The first kappa shape index (κ1) is 19.3. The molecule has 7 nitrogen and oxygen atoms in total. The third kappa shape index (κ3) is 4.52. The number of morpholine rings is 1. The lowest BCUT2D eigenvalue weighted by atomic mass is 10.2. The maximum absolute atomic E-state index is 12.5. The normalized spacial score (nSPS) is 14.7. The van der Waals surface area contributed by atoms with Crippen molar-refractivity contribution in [1.82, 2.24) is 19.4 Å². The molecule has 0 saturated carbocycles. The highest BCUT2D eigenvalue weighted by atomic mass is 16.5. The number of nitrogens with one attached hydrogen (secondary N) is 1. The van der Waals surface area contributed by atoms with E-state index in [0.717, 1.165) is 61.2 Å². The lowest BCUT2D eigenvalue weighted by Gasteiger charge is -2.26. The maximum Gasteiger partial charge on any atom is 0.274 e. The molecule has 3 heterocycles. The van der Waals surface area contributed by atoms with Gasteiger partial charge in [0.15, 0.2) is 0 Å². The number of hydrogen-bond donors (Lipinski definition) is 1. The summed E-state index contributed by atoms with van der Waals surface area (Å²) in [6.45, 7) is 8.24. The summed E-state index contributed by atoms with van der Waals surface area (Å²) in [5, 5.41) is 2.90. The Hall–Kier alpha value is -3.03. The number of aromatic nitrogens is 3. The minimum absolute atomic E-state index is 0.217.